The van der Waals surface area contributed by atoms with E-state index in [0.717, 1.165) is 30.9 Å². The smallest absolute Gasteiger partial charge is 0.194 e. The Hall–Kier alpha value is -2.64. The molecule has 6 nitrogen and oxygen atoms in total. The molecule has 0 radical (unpaired) electrons. The zero-order chi connectivity index (χ0) is 19.2. The maximum absolute atomic E-state index is 14.0. The van der Waals surface area contributed by atoms with Crippen LogP contribution in [0.15, 0.2) is 35.6 Å². The third-order valence-electron chi connectivity index (χ3n) is 4.69. The van der Waals surface area contributed by atoms with Crippen molar-refractivity contribution in [1.82, 2.24) is 19.8 Å². The molecule has 27 heavy (non-hydrogen) atoms. The number of anilines is 1. The van der Waals surface area contributed by atoms with Gasteiger partial charge in [0.2, 0.25) is 0 Å². The van der Waals surface area contributed by atoms with Gasteiger partial charge in [-0.25, -0.2) is 13.8 Å². The first-order chi connectivity index (χ1) is 13.1. The number of hydrogen-bond donors (Lipinski definition) is 1. The van der Waals surface area contributed by atoms with Crippen molar-refractivity contribution in [3.8, 4) is 0 Å². The molecular formula is C19H26F2N6. The second-order valence-electron chi connectivity index (χ2n) is 6.47. The molecule has 0 saturated carbocycles. The molecule has 2 aromatic rings. The predicted octanol–water partition coefficient (Wildman–Crippen LogP) is 2.26. The van der Waals surface area contributed by atoms with Gasteiger partial charge in [-0.3, -0.25) is 4.99 Å². The lowest BCUT2D eigenvalue weighted by Crippen LogP contribution is -2.52. The van der Waals surface area contributed by atoms with E-state index in [1.807, 2.05) is 24.9 Å². The van der Waals surface area contributed by atoms with Crippen LogP contribution in [0.2, 0.25) is 0 Å². The Morgan fingerprint density at radius 1 is 1.22 bits per heavy atom. The van der Waals surface area contributed by atoms with Gasteiger partial charge in [-0.05, 0) is 26.0 Å². The fourth-order valence-corrected chi connectivity index (χ4v) is 3.22. The summed E-state index contributed by atoms with van der Waals surface area (Å²) < 4.78 is 29.5. The standard InChI is InChI=1S/C19H26F2N6/c1-3-22-19(24-7-9-25-8-6-23-15(25)2)27-12-10-26(11-13-27)18-14-16(20)4-5-17(18)21/h4-6,8,14H,3,7,9-13H2,1-2H3,(H,22,24). The lowest BCUT2D eigenvalue weighted by molar-refractivity contribution is 0.370. The summed E-state index contributed by atoms with van der Waals surface area (Å²) in [5.41, 5.74) is 0.326. The Bertz CT molecular complexity index is 780. The molecule has 0 amide bonds. The van der Waals surface area contributed by atoms with Gasteiger partial charge >= 0.3 is 0 Å². The molecule has 2 heterocycles. The number of nitrogens with one attached hydrogen (secondary N) is 1. The molecule has 1 fully saturated rings. The highest BCUT2D eigenvalue weighted by Crippen LogP contribution is 2.21. The Morgan fingerprint density at radius 3 is 2.67 bits per heavy atom. The van der Waals surface area contributed by atoms with Crippen molar-refractivity contribution in [2.24, 2.45) is 4.99 Å². The molecule has 1 saturated heterocycles. The number of hydrogen-bond acceptors (Lipinski definition) is 3. The molecule has 1 aliphatic rings. The van der Waals surface area contributed by atoms with Crippen LogP contribution in [0.25, 0.3) is 0 Å². The monoisotopic (exact) mass is 376 g/mol. The summed E-state index contributed by atoms with van der Waals surface area (Å²) in [5, 5.41) is 3.32. The summed E-state index contributed by atoms with van der Waals surface area (Å²) in [4.78, 5) is 13.0. The van der Waals surface area contributed by atoms with Gasteiger partial charge in [0.1, 0.15) is 17.5 Å². The van der Waals surface area contributed by atoms with Crippen LogP contribution in [-0.2, 0) is 6.54 Å². The highest BCUT2D eigenvalue weighted by molar-refractivity contribution is 5.80. The Kier molecular flexibility index (Phi) is 6.26. The summed E-state index contributed by atoms with van der Waals surface area (Å²) >= 11 is 0. The van der Waals surface area contributed by atoms with Crippen molar-refractivity contribution in [2.45, 2.75) is 20.4 Å². The van der Waals surface area contributed by atoms with Crippen molar-refractivity contribution in [2.75, 3.05) is 44.2 Å². The molecule has 8 heteroatoms. The minimum Gasteiger partial charge on any atom is -0.366 e. The zero-order valence-corrected chi connectivity index (χ0v) is 15.8. The lowest BCUT2D eigenvalue weighted by atomic mass is 10.2. The molecule has 1 N–H and O–H groups in total. The molecule has 0 atom stereocenters. The van der Waals surface area contributed by atoms with Gasteiger partial charge in [0.25, 0.3) is 0 Å². The van der Waals surface area contributed by atoms with E-state index in [2.05, 4.69) is 19.8 Å². The van der Waals surface area contributed by atoms with Gasteiger partial charge in [0, 0.05) is 57.7 Å². The van der Waals surface area contributed by atoms with Crippen LogP contribution in [-0.4, -0.2) is 59.7 Å². The maximum atomic E-state index is 14.0. The zero-order valence-electron chi connectivity index (χ0n) is 15.8. The molecule has 1 aliphatic heterocycles. The number of rotatable bonds is 5. The van der Waals surface area contributed by atoms with Gasteiger partial charge in [0.15, 0.2) is 5.96 Å². The van der Waals surface area contributed by atoms with Gasteiger partial charge in [-0.1, -0.05) is 0 Å². The minimum absolute atomic E-state index is 0.326. The van der Waals surface area contributed by atoms with Crippen molar-refractivity contribution >= 4 is 11.6 Å². The second kappa shape index (κ2) is 8.83. The Balaban J connectivity index is 1.60. The van der Waals surface area contributed by atoms with Crippen LogP contribution in [0.5, 0.6) is 0 Å². The lowest BCUT2D eigenvalue weighted by Gasteiger charge is -2.37. The van der Waals surface area contributed by atoms with Crippen LogP contribution in [0.3, 0.4) is 0 Å². The predicted molar refractivity (Wildman–Crippen MR) is 103 cm³/mol. The van der Waals surface area contributed by atoms with Gasteiger partial charge in [0.05, 0.1) is 12.2 Å². The first-order valence-electron chi connectivity index (χ1n) is 9.29. The molecule has 0 spiro atoms. The van der Waals surface area contributed by atoms with E-state index in [1.165, 1.54) is 12.1 Å². The first-order valence-corrected chi connectivity index (χ1v) is 9.29. The quantitative estimate of drug-likeness (QED) is 0.642. The van der Waals surface area contributed by atoms with E-state index >= 15 is 0 Å². The van der Waals surface area contributed by atoms with Crippen LogP contribution in [0.4, 0.5) is 14.5 Å². The number of aromatic nitrogens is 2. The summed E-state index contributed by atoms with van der Waals surface area (Å²) in [7, 11) is 0. The van der Waals surface area contributed by atoms with Crippen LogP contribution in [0.1, 0.15) is 12.7 Å². The fourth-order valence-electron chi connectivity index (χ4n) is 3.22. The van der Waals surface area contributed by atoms with Gasteiger partial charge in [-0.15, -0.1) is 0 Å². The normalized spacial score (nSPS) is 15.3. The van der Waals surface area contributed by atoms with E-state index in [4.69, 9.17) is 4.99 Å². The topological polar surface area (TPSA) is 48.7 Å². The second-order valence-corrected chi connectivity index (χ2v) is 6.47. The van der Waals surface area contributed by atoms with Crippen molar-refractivity contribution in [1.29, 1.82) is 0 Å². The summed E-state index contributed by atoms with van der Waals surface area (Å²) in [6.07, 6.45) is 3.74. The third kappa shape index (κ3) is 4.75. The molecule has 3 rings (SSSR count). The summed E-state index contributed by atoms with van der Waals surface area (Å²) in [6, 6.07) is 3.59. The number of aliphatic imine (C=N–C) groups is 1. The number of piperazine rings is 1. The Labute approximate surface area is 158 Å². The molecule has 1 aromatic carbocycles. The number of nitrogens with zero attached hydrogens (tertiary/aromatic N) is 5. The number of aryl methyl sites for hydroxylation is 1. The molecular weight excluding hydrogens is 350 g/mol. The fraction of sp³-hybridized carbons (Fsp3) is 0.474. The van der Waals surface area contributed by atoms with E-state index in [0.29, 0.717) is 38.4 Å². The van der Waals surface area contributed by atoms with Crippen molar-refractivity contribution in [3.63, 3.8) is 0 Å². The molecule has 0 unspecified atom stereocenters. The SMILES string of the molecule is CCNC(=NCCn1ccnc1C)N1CCN(c2cc(F)ccc2F)CC1. The number of benzene rings is 1. The van der Waals surface area contributed by atoms with E-state index in [9.17, 15) is 8.78 Å². The average molecular weight is 376 g/mol. The first kappa shape index (κ1) is 19.1. The van der Waals surface area contributed by atoms with Crippen LogP contribution < -0.4 is 10.2 Å². The molecule has 0 aliphatic carbocycles. The van der Waals surface area contributed by atoms with E-state index in [1.54, 1.807) is 6.20 Å². The Morgan fingerprint density at radius 2 is 2.00 bits per heavy atom. The van der Waals surface area contributed by atoms with Crippen LogP contribution in [0, 0.1) is 18.6 Å². The highest BCUT2D eigenvalue weighted by Gasteiger charge is 2.22. The molecule has 146 valence electrons. The number of guanidine groups is 1. The maximum Gasteiger partial charge on any atom is 0.194 e. The van der Waals surface area contributed by atoms with E-state index < -0.39 is 5.82 Å². The largest absolute Gasteiger partial charge is 0.366 e. The number of imidazole rings is 1. The van der Waals surface area contributed by atoms with Crippen molar-refractivity contribution in [3.05, 3.63) is 48.1 Å². The van der Waals surface area contributed by atoms with Gasteiger partial charge < -0.3 is 19.7 Å². The van der Waals surface area contributed by atoms with Crippen LogP contribution >= 0.6 is 0 Å². The number of halogens is 2. The van der Waals surface area contributed by atoms with Crippen molar-refractivity contribution < 1.29 is 8.78 Å². The summed E-state index contributed by atoms with van der Waals surface area (Å²) in [5.74, 6) is 1.02. The average Bonchev–Trinajstić information content (AvgIpc) is 3.08. The minimum atomic E-state index is -0.418. The van der Waals surface area contributed by atoms with E-state index in [-0.39, 0.29) is 5.82 Å². The molecule has 0 bridgehead atoms. The summed E-state index contributed by atoms with van der Waals surface area (Å²) in [6.45, 7) is 8.84. The third-order valence-corrected chi connectivity index (χ3v) is 4.69. The van der Waals surface area contributed by atoms with Gasteiger partial charge in [-0.2, -0.15) is 0 Å². The highest BCUT2D eigenvalue weighted by atomic mass is 19.1. The molecule has 1 aromatic heterocycles.